The molecule has 0 heterocycles. The van der Waals surface area contributed by atoms with Crippen molar-refractivity contribution in [1.29, 1.82) is 0 Å². The van der Waals surface area contributed by atoms with E-state index in [1.165, 1.54) is 5.56 Å². The third-order valence-corrected chi connectivity index (χ3v) is 2.19. The lowest BCUT2D eigenvalue weighted by molar-refractivity contribution is 0.146. The van der Waals surface area contributed by atoms with E-state index in [0.29, 0.717) is 18.6 Å². The van der Waals surface area contributed by atoms with Crippen LogP contribution >= 0.6 is 0 Å². The second-order valence-electron chi connectivity index (χ2n) is 5.23. The number of benzene rings is 1. The number of hydrogen-bond acceptors (Lipinski definition) is 2. The van der Waals surface area contributed by atoms with Gasteiger partial charge in [-0.15, -0.1) is 0 Å². The fourth-order valence-corrected chi connectivity index (χ4v) is 1.60. The van der Waals surface area contributed by atoms with Crippen LogP contribution in [0.1, 0.15) is 26.3 Å². The molecule has 0 N–H and O–H groups in total. The van der Waals surface area contributed by atoms with Gasteiger partial charge in [0.1, 0.15) is 12.4 Å². The minimum absolute atomic E-state index is 0.311. The molecule has 0 atom stereocenters. The molecule has 16 heavy (non-hydrogen) atoms. The molecular formula is C14H22O2. The molecule has 2 nitrogen and oxygen atoms in total. The molecule has 0 radical (unpaired) electrons. The summed E-state index contributed by atoms with van der Waals surface area (Å²) in [6, 6.07) is 8.29. The number of hydrogen-bond donors (Lipinski definition) is 0. The van der Waals surface area contributed by atoms with E-state index in [4.69, 9.17) is 9.47 Å². The Hall–Kier alpha value is -1.02. The van der Waals surface area contributed by atoms with Crippen LogP contribution in [-0.4, -0.2) is 20.3 Å². The van der Waals surface area contributed by atoms with Crippen molar-refractivity contribution >= 4 is 0 Å². The molecule has 0 bridgehead atoms. The van der Waals surface area contributed by atoms with Crippen molar-refractivity contribution in [2.45, 2.75) is 27.2 Å². The molecule has 0 spiro atoms. The van der Waals surface area contributed by atoms with Gasteiger partial charge < -0.3 is 9.47 Å². The fourth-order valence-electron chi connectivity index (χ4n) is 1.60. The number of methoxy groups -OCH3 is 1. The van der Waals surface area contributed by atoms with E-state index >= 15 is 0 Å². The third-order valence-electron chi connectivity index (χ3n) is 2.19. The van der Waals surface area contributed by atoms with E-state index in [2.05, 4.69) is 32.9 Å². The second kappa shape index (κ2) is 5.90. The van der Waals surface area contributed by atoms with Crippen molar-refractivity contribution in [2.24, 2.45) is 5.41 Å². The molecule has 0 saturated carbocycles. The van der Waals surface area contributed by atoms with Gasteiger partial charge >= 0.3 is 0 Å². The van der Waals surface area contributed by atoms with E-state index in [1.807, 2.05) is 12.1 Å². The van der Waals surface area contributed by atoms with Gasteiger partial charge in [-0.1, -0.05) is 32.9 Å². The van der Waals surface area contributed by atoms with Crippen LogP contribution in [0.4, 0.5) is 0 Å². The zero-order valence-electron chi connectivity index (χ0n) is 10.7. The lowest BCUT2D eigenvalue weighted by Crippen LogP contribution is -2.09. The van der Waals surface area contributed by atoms with E-state index in [1.54, 1.807) is 7.11 Å². The summed E-state index contributed by atoms with van der Waals surface area (Å²) in [5, 5.41) is 0. The van der Waals surface area contributed by atoms with Gasteiger partial charge in [-0.2, -0.15) is 0 Å². The quantitative estimate of drug-likeness (QED) is 0.712. The summed E-state index contributed by atoms with van der Waals surface area (Å²) in [5.74, 6) is 0.929. The molecule has 90 valence electrons. The maximum Gasteiger partial charge on any atom is 0.119 e. The molecule has 0 fully saturated rings. The van der Waals surface area contributed by atoms with Crippen LogP contribution in [0.5, 0.6) is 5.75 Å². The van der Waals surface area contributed by atoms with E-state index in [0.717, 1.165) is 12.2 Å². The van der Waals surface area contributed by atoms with Crippen molar-refractivity contribution in [2.75, 3.05) is 20.3 Å². The maximum atomic E-state index is 5.58. The molecule has 0 aliphatic carbocycles. The Bertz CT molecular complexity index is 313. The summed E-state index contributed by atoms with van der Waals surface area (Å²) in [7, 11) is 1.68. The summed E-state index contributed by atoms with van der Waals surface area (Å²) in [5.41, 5.74) is 1.63. The van der Waals surface area contributed by atoms with Gasteiger partial charge in [0.15, 0.2) is 0 Å². The summed E-state index contributed by atoms with van der Waals surface area (Å²) < 4.78 is 10.5. The largest absolute Gasteiger partial charge is 0.491 e. The van der Waals surface area contributed by atoms with E-state index in [-0.39, 0.29) is 0 Å². The van der Waals surface area contributed by atoms with Gasteiger partial charge in [-0.25, -0.2) is 0 Å². The Morgan fingerprint density at radius 2 is 1.88 bits per heavy atom. The molecule has 1 aromatic rings. The van der Waals surface area contributed by atoms with Crippen LogP contribution in [0.25, 0.3) is 0 Å². The van der Waals surface area contributed by atoms with Gasteiger partial charge in [0, 0.05) is 7.11 Å². The maximum absolute atomic E-state index is 5.58. The van der Waals surface area contributed by atoms with E-state index < -0.39 is 0 Å². The molecule has 2 heteroatoms. The van der Waals surface area contributed by atoms with Crippen LogP contribution < -0.4 is 4.74 Å². The molecule has 0 aromatic heterocycles. The summed E-state index contributed by atoms with van der Waals surface area (Å²) >= 11 is 0. The zero-order chi connectivity index (χ0) is 12.0. The molecule has 1 aromatic carbocycles. The first kappa shape index (κ1) is 13.0. The summed E-state index contributed by atoms with van der Waals surface area (Å²) in [4.78, 5) is 0. The molecule has 0 amide bonds. The van der Waals surface area contributed by atoms with Crippen LogP contribution in [0.2, 0.25) is 0 Å². The van der Waals surface area contributed by atoms with Crippen molar-refractivity contribution in [1.82, 2.24) is 0 Å². The number of ether oxygens (including phenoxy) is 2. The minimum Gasteiger partial charge on any atom is -0.491 e. The highest BCUT2D eigenvalue weighted by molar-refractivity contribution is 5.29. The third kappa shape index (κ3) is 5.17. The van der Waals surface area contributed by atoms with Crippen LogP contribution in [-0.2, 0) is 11.2 Å². The van der Waals surface area contributed by atoms with Crippen molar-refractivity contribution in [3.63, 3.8) is 0 Å². The van der Waals surface area contributed by atoms with Gasteiger partial charge in [0.2, 0.25) is 0 Å². The first-order chi connectivity index (χ1) is 7.51. The topological polar surface area (TPSA) is 18.5 Å². The van der Waals surface area contributed by atoms with Crippen LogP contribution in [0, 0.1) is 5.41 Å². The van der Waals surface area contributed by atoms with Crippen molar-refractivity contribution < 1.29 is 9.47 Å². The number of rotatable bonds is 5. The Morgan fingerprint density at radius 3 is 2.50 bits per heavy atom. The van der Waals surface area contributed by atoms with Crippen LogP contribution in [0.15, 0.2) is 24.3 Å². The smallest absolute Gasteiger partial charge is 0.119 e. The Morgan fingerprint density at radius 1 is 1.12 bits per heavy atom. The van der Waals surface area contributed by atoms with Gasteiger partial charge in [0.25, 0.3) is 0 Å². The summed E-state index contributed by atoms with van der Waals surface area (Å²) in [6.45, 7) is 7.96. The van der Waals surface area contributed by atoms with Crippen molar-refractivity contribution in [3.8, 4) is 5.75 Å². The highest BCUT2D eigenvalue weighted by Crippen LogP contribution is 2.23. The molecular weight excluding hydrogens is 200 g/mol. The molecule has 0 unspecified atom stereocenters. The zero-order valence-corrected chi connectivity index (χ0v) is 10.7. The van der Waals surface area contributed by atoms with Crippen LogP contribution in [0.3, 0.4) is 0 Å². The Balaban J connectivity index is 2.57. The lowest BCUT2D eigenvalue weighted by Gasteiger charge is -2.18. The average molecular weight is 222 g/mol. The first-order valence-electron chi connectivity index (χ1n) is 5.72. The normalized spacial score (nSPS) is 11.5. The Labute approximate surface area is 98.6 Å². The minimum atomic E-state index is 0.311. The van der Waals surface area contributed by atoms with Gasteiger partial charge in [-0.05, 0) is 29.5 Å². The highest BCUT2D eigenvalue weighted by atomic mass is 16.5. The predicted molar refractivity (Wildman–Crippen MR) is 67.0 cm³/mol. The summed E-state index contributed by atoms with van der Waals surface area (Å²) in [6.07, 6.45) is 1.06. The highest BCUT2D eigenvalue weighted by Gasteiger charge is 2.11. The van der Waals surface area contributed by atoms with Gasteiger partial charge in [-0.3, -0.25) is 0 Å². The fraction of sp³-hybridized carbons (Fsp3) is 0.571. The molecule has 0 saturated heterocycles. The molecule has 0 aliphatic rings. The van der Waals surface area contributed by atoms with E-state index in [9.17, 15) is 0 Å². The molecule has 1 rings (SSSR count). The predicted octanol–water partition coefficient (Wildman–Crippen LogP) is 3.30. The molecule has 0 aliphatic heterocycles. The lowest BCUT2D eigenvalue weighted by atomic mass is 9.88. The SMILES string of the molecule is COCCOc1cccc(CC(C)(C)C)c1. The first-order valence-corrected chi connectivity index (χ1v) is 5.72. The standard InChI is InChI=1S/C14H22O2/c1-14(2,3)11-12-6-5-7-13(10-12)16-9-8-15-4/h5-7,10H,8-9,11H2,1-4H3. The Kier molecular flexibility index (Phi) is 4.81. The van der Waals surface area contributed by atoms with Gasteiger partial charge in [0.05, 0.1) is 6.61 Å². The monoisotopic (exact) mass is 222 g/mol. The van der Waals surface area contributed by atoms with Crippen molar-refractivity contribution in [3.05, 3.63) is 29.8 Å². The second-order valence-corrected chi connectivity index (χ2v) is 5.23. The average Bonchev–Trinajstić information content (AvgIpc) is 2.16.